The smallest absolute Gasteiger partial charge is 0.308 e. The van der Waals surface area contributed by atoms with Gasteiger partial charge in [-0.2, -0.15) is 0 Å². The van der Waals surface area contributed by atoms with Gasteiger partial charge in [0, 0.05) is 12.5 Å². The summed E-state index contributed by atoms with van der Waals surface area (Å²) in [6.45, 7) is 3.46. The summed E-state index contributed by atoms with van der Waals surface area (Å²) in [4.78, 5) is 25.1. The van der Waals surface area contributed by atoms with Crippen molar-refractivity contribution in [1.29, 1.82) is 0 Å². The Morgan fingerprint density at radius 2 is 2.00 bits per heavy atom. The number of Topliss-reactive ketones (excluding diaryl/α,β-unsaturated/α-hetero) is 1. The van der Waals surface area contributed by atoms with E-state index in [9.17, 15) is 9.59 Å². The van der Waals surface area contributed by atoms with Crippen molar-refractivity contribution in [3.05, 3.63) is 0 Å². The Bertz CT molecular complexity index is 350. The van der Waals surface area contributed by atoms with E-state index < -0.39 is 0 Å². The Morgan fingerprint density at radius 1 is 1.30 bits per heavy atom. The Balaban J connectivity index is 1.67. The van der Waals surface area contributed by atoms with Crippen molar-refractivity contribution in [1.82, 2.24) is 4.90 Å². The predicted molar refractivity (Wildman–Crippen MR) is 74.4 cm³/mol. The van der Waals surface area contributed by atoms with E-state index in [1.165, 1.54) is 0 Å². The van der Waals surface area contributed by atoms with Crippen LogP contribution in [0, 0.1) is 5.92 Å². The van der Waals surface area contributed by atoms with Gasteiger partial charge in [0.05, 0.1) is 31.8 Å². The molecule has 1 saturated heterocycles. The highest BCUT2D eigenvalue weighted by Crippen LogP contribution is 2.27. The minimum absolute atomic E-state index is 0.0468. The zero-order valence-corrected chi connectivity index (χ0v) is 12.5. The lowest BCUT2D eigenvalue weighted by atomic mass is 9.87. The number of rotatable bonds is 5. The molecular formula is C15H25NO4. The number of ether oxygens (including phenoxy) is 2. The molecular weight excluding hydrogens is 258 g/mol. The van der Waals surface area contributed by atoms with Gasteiger partial charge in [-0.15, -0.1) is 0 Å². The number of esters is 1. The lowest BCUT2D eigenvalue weighted by Crippen LogP contribution is -2.33. The van der Waals surface area contributed by atoms with Gasteiger partial charge in [-0.25, -0.2) is 0 Å². The molecule has 5 nitrogen and oxygen atoms in total. The van der Waals surface area contributed by atoms with Crippen molar-refractivity contribution in [2.45, 2.75) is 51.2 Å². The van der Waals surface area contributed by atoms with Crippen molar-refractivity contribution in [3.8, 4) is 0 Å². The molecule has 2 rings (SSSR count). The Labute approximate surface area is 120 Å². The monoisotopic (exact) mass is 283 g/mol. The van der Waals surface area contributed by atoms with Crippen LogP contribution in [-0.4, -0.2) is 55.6 Å². The average molecular weight is 283 g/mol. The van der Waals surface area contributed by atoms with Gasteiger partial charge in [0.15, 0.2) is 0 Å². The lowest BCUT2D eigenvalue weighted by Gasteiger charge is -2.29. The summed E-state index contributed by atoms with van der Waals surface area (Å²) in [5, 5.41) is 0. The summed E-state index contributed by atoms with van der Waals surface area (Å²) in [6.07, 6.45) is 4.35. The van der Waals surface area contributed by atoms with Gasteiger partial charge in [-0.3, -0.25) is 14.5 Å². The highest BCUT2D eigenvalue weighted by atomic mass is 16.5. The molecule has 0 aromatic carbocycles. The average Bonchev–Trinajstić information content (AvgIpc) is 2.75. The fourth-order valence-electron chi connectivity index (χ4n) is 3.05. The van der Waals surface area contributed by atoms with Gasteiger partial charge in [0.2, 0.25) is 0 Å². The molecule has 1 saturated carbocycles. The third-order valence-corrected chi connectivity index (χ3v) is 4.33. The predicted octanol–water partition coefficient (Wildman–Crippen LogP) is 1.40. The van der Waals surface area contributed by atoms with Gasteiger partial charge < -0.3 is 9.47 Å². The number of likely N-dealkylation sites (N-methyl/N-ethyl adjacent to an activating group) is 1. The molecule has 0 bridgehead atoms. The summed E-state index contributed by atoms with van der Waals surface area (Å²) in [6, 6.07) is 0.227. The van der Waals surface area contributed by atoms with Crippen LogP contribution in [0.25, 0.3) is 0 Å². The SMILES string of the molecule is CCOC(=O)C1CCC(OC[C@@H]2CC(=O)CN2C)CC1. The van der Waals surface area contributed by atoms with Gasteiger partial charge >= 0.3 is 5.97 Å². The Morgan fingerprint density at radius 3 is 2.55 bits per heavy atom. The molecule has 0 aromatic rings. The zero-order chi connectivity index (χ0) is 14.5. The number of ketones is 1. The number of hydrogen-bond acceptors (Lipinski definition) is 5. The van der Waals surface area contributed by atoms with Crippen LogP contribution in [0.2, 0.25) is 0 Å². The second-order valence-electron chi connectivity index (χ2n) is 5.87. The van der Waals surface area contributed by atoms with Gasteiger partial charge in [0.1, 0.15) is 5.78 Å². The molecule has 0 aromatic heterocycles. The van der Waals surface area contributed by atoms with Gasteiger partial charge in [-0.1, -0.05) is 0 Å². The number of hydrogen-bond donors (Lipinski definition) is 0. The third kappa shape index (κ3) is 4.03. The van der Waals surface area contributed by atoms with E-state index in [4.69, 9.17) is 9.47 Å². The molecule has 2 fully saturated rings. The third-order valence-electron chi connectivity index (χ3n) is 4.33. The summed E-state index contributed by atoms with van der Waals surface area (Å²) in [5.74, 6) is 0.282. The first-order valence-electron chi connectivity index (χ1n) is 7.60. The van der Waals surface area contributed by atoms with E-state index in [1.807, 2.05) is 14.0 Å². The maximum Gasteiger partial charge on any atom is 0.308 e. The first kappa shape index (κ1) is 15.4. The quantitative estimate of drug-likeness (QED) is 0.714. The van der Waals surface area contributed by atoms with Crippen LogP contribution in [0.4, 0.5) is 0 Å². The minimum Gasteiger partial charge on any atom is -0.466 e. The first-order valence-corrected chi connectivity index (χ1v) is 7.60. The molecule has 0 spiro atoms. The van der Waals surface area contributed by atoms with Gasteiger partial charge in [0.25, 0.3) is 0 Å². The van der Waals surface area contributed by atoms with E-state index in [0.29, 0.717) is 32.0 Å². The minimum atomic E-state index is -0.0629. The molecule has 114 valence electrons. The topological polar surface area (TPSA) is 55.8 Å². The van der Waals surface area contributed by atoms with Crippen LogP contribution >= 0.6 is 0 Å². The molecule has 0 amide bonds. The van der Waals surface area contributed by atoms with E-state index in [1.54, 1.807) is 0 Å². The summed E-state index contributed by atoms with van der Waals surface area (Å²) < 4.78 is 11.0. The molecule has 0 radical (unpaired) electrons. The van der Waals surface area contributed by atoms with Gasteiger partial charge in [-0.05, 0) is 39.7 Å². The van der Waals surface area contributed by atoms with Crippen molar-refractivity contribution >= 4 is 11.8 Å². The molecule has 0 unspecified atom stereocenters. The molecule has 1 heterocycles. The van der Waals surface area contributed by atoms with Crippen molar-refractivity contribution in [3.63, 3.8) is 0 Å². The fraction of sp³-hybridized carbons (Fsp3) is 0.867. The maximum absolute atomic E-state index is 11.6. The molecule has 1 aliphatic carbocycles. The van der Waals surface area contributed by atoms with Crippen LogP contribution < -0.4 is 0 Å². The van der Waals surface area contributed by atoms with Crippen LogP contribution in [0.1, 0.15) is 39.0 Å². The zero-order valence-electron chi connectivity index (χ0n) is 12.5. The van der Waals surface area contributed by atoms with E-state index in [0.717, 1.165) is 25.7 Å². The standard InChI is InChI=1S/C15H25NO4/c1-3-19-15(18)11-4-6-14(7-5-11)20-10-12-8-13(17)9-16(12)2/h11-12,14H,3-10H2,1-2H3/t11?,12-,14?/m0/s1. The maximum atomic E-state index is 11.6. The highest BCUT2D eigenvalue weighted by Gasteiger charge is 2.31. The second-order valence-corrected chi connectivity index (χ2v) is 5.87. The van der Waals surface area contributed by atoms with Crippen molar-refractivity contribution < 1.29 is 19.1 Å². The molecule has 5 heteroatoms. The van der Waals surface area contributed by atoms with Crippen molar-refractivity contribution in [2.24, 2.45) is 5.92 Å². The number of carbonyl (C=O) groups excluding carboxylic acids is 2. The number of nitrogens with zero attached hydrogens (tertiary/aromatic N) is 1. The molecule has 1 aliphatic heterocycles. The molecule has 20 heavy (non-hydrogen) atoms. The Kier molecular flexibility index (Phi) is 5.54. The fourth-order valence-corrected chi connectivity index (χ4v) is 3.05. The highest BCUT2D eigenvalue weighted by molar-refractivity contribution is 5.83. The van der Waals surface area contributed by atoms with E-state index >= 15 is 0 Å². The summed E-state index contributed by atoms with van der Waals surface area (Å²) in [5.41, 5.74) is 0. The van der Waals surface area contributed by atoms with Crippen LogP contribution in [0.3, 0.4) is 0 Å². The van der Waals surface area contributed by atoms with Crippen LogP contribution in [0.15, 0.2) is 0 Å². The summed E-state index contributed by atoms with van der Waals surface area (Å²) in [7, 11) is 1.97. The number of likely N-dealkylation sites (tertiary alicyclic amines) is 1. The van der Waals surface area contributed by atoms with E-state index in [2.05, 4.69) is 4.90 Å². The molecule has 1 atom stereocenters. The van der Waals surface area contributed by atoms with Crippen molar-refractivity contribution in [2.75, 3.05) is 26.8 Å². The molecule has 0 N–H and O–H groups in total. The largest absolute Gasteiger partial charge is 0.466 e. The van der Waals surface area contributed by atoms with Crippen LogP contribution in [0.5, 0.6) is 0 Å². The number of carbonyl (C=O) groups is 2. The van der Waals surface area contributed by atoms with Crippen LogP contribution in [-0.2, 0) is 19.1 Å². The Hall–Kier alpha value is -0.940. The summed E-state index contributed by atoms with van der Waals surface area (Å²) >= 11 is 0. The normalized spacial score (nSPS) is 31.5. The molecule has 2 aliphatic rings. The van der Waals surface area contributed by atoms with E-state index in [-0.39, 0.29) is 24.0 Å². The lowest BCUT2D eigenvalue weighted by molar-refractivity contribution is -0.150. The second kappa shape index (κ2) is 7.18. The first-order chi connectivity index (χ1) is 9.60.